The van der Waals surface area contributed by atoms with E-state index in [4.69, 9.17) is 4.74 Å². The van der Waals surface area contributed by atoms with Crippen LogP contribution in [0, 0.1) is 17.2 Å². The number of ether oxygens (including phenoxy) is 1. The normalized spacial score (nSPS) is 21.6. The summed E-state index contributed by atoms with van der Waals surface area (Å²) in [6, 6.07) is 9.69. The van der Waals surface area contributed by atoms with Crippen LogP contribution in [0.5, 0.6) is 0 Å². The van der Waals surface area contributed by atoms with Gasteiger partial charge in [0, 0.05) is 12.0 Å². The lowest BCUT2D eigenvalue weighted by Gasteiger charge is -2.33. The molecular weight excluding hydrogens is 318 g/mol. The van der Waals surface area contributed by atoms with E-state index in [-0.39, 0.29) is 24.3 Å². The maximum absolute atomic E-state index is 12.5. The van der Waals surface area contributed by atoms with Gasteiger partial charge < -0.3 is 15.0 Å². The predicted molar refractivity (Wildman–Crippen MR) is 92.5 cm³/mol. The van der Waals surface area contributed by atoms with E-state index in [1.807, 2.05) is 38.1 Å². The molecule has 3 atom stereocenters. The third-order valence-electron chi connectivity index (χ3n) is 5.11. The van der Waals surface area contributed by atoms with E-state index in [1.54, 1.807) is 6.92 Å². The van der Waals surface area contributed by atoms with Crippen molar-refractivity contribution in [1.82, 2.24) is 5.32 Å². The summed E-state index contributed by atoms with van der Waals surface area (Å²) in [6.07, 6.45) is 0.547. The molecule has 0 saturated carbocycles. The number of rotatable bonds is 5. The van der Waals surface area contributed by atoms with Crippen LogP contribution < -0.4 is 10.2 Å². The Bertz CT molecular complexity index is 695. The third kappa shape index (κ3) is 4.18. The van der Waals surface area contributed by atoms with Crippen LogP contribution in [-0.4, -0.2) is 37.1 Å². The van der Waals surface area contributed by atoms with Crippen molar-refractivity contribution in [2.75, 3.05) is 13.7 Å². The maximum atomic E-state index is 12.5. The Kier molecular flexibility index (Phi) is 5.81. The zero-order chi connectivity index (χ0) is 18.6. The van der Waals surface area contributed by atoms with Crippen LogP contribution in [0.25, 0.3) is 0 Å². The monoisotopic (exact) mass is 344 g/mol. The summed E-state index contributed by atoms with van der Waals surface area (Å²) < 4.78 is 4.93. The Labute approximate surface area is 148 Å². The number of carbonyl (C=O) groups excluding carboxylic acids is 2. The van der Waals surface area contributed by atoms with Crippen molar-refractivity contribution < 1.29 is 19.2 Å². The molecule has 1 aromatic rings. The molecule has 0 spiro atoms. The van der Waals surface area contributed by atoms with Gasteiger partial charge in [-0.2, -0.15) is 5.26 Å². The van der Waals surface area contributed by atoms with Crippen LogP contribution in [-0.2, 0) is 27.3 Å². The number of fused-ring (bicyclic) bond motifs is 1. The van der Waals surface area contributed by atoms with Crippen molar-refractivity contribution in [3.63, 3.8) is 0 Å². The highest BCUT2D eigenvalue weighted by Gasteiger charge is 2.38. The van der Waals surface area contributed by atoms with Crippen molar-refractivity contribution in [3.8, 4) is 6.07 Å². The van der Waals surface area contributed by atoms with Gasteiger partial charge >= 0.3 is 5.97 Å². The van der Waals surface area contributed by atoms with Gasteiger partial charge in [-0.15, -0.1) is 0 Å². The fraction of sp³-hybridized carbons (Fsp3) is 0.526. The summed E-state index contributed by atoms with van der Waals surface area (Å²) in [7, 11) is 1.37. The smallest absolute Gasteiger partial charge is 0.365 e. The second-order valence-electron chi connectivity index (χ2n) is 7.08. The van der Waals surface area contributed by atoms with Gasteiger partial charge in [-0.05, 0) is 18.4 Å². The average molecular weight is 344 g/mol. The molecule has 1 heterocycles. The molecule has 1 amide bonds. The highest BCUT2D eigenvalue weighted by atomic mass is 16.5. The van der Waals surface area contributed by atoms with E-state index in [1.165, 1.54) is 7.11 Å². The highest BCUT2D eigenvalue weighted by Crippen LogP contribution is 2.16. The second-order valence-corrected chi connectivity index (χ2v) is 7.08. The number of esters is 1. The molecule has 134 valence electrons. The van der Waals surface area contributed by atoms with Gasteiger partial charge in [0.15, 0.2) is 12.6 Å². The lowest BCUT2D eigenvalue weighted by molar-refractivity contribution is -0.924. The molecule has 1 aliphatic rings. The predicted octanol–water partition coefficient (Wildman–Crippen LogP) is 0.224. The molecule has 1 aromatic carbocycles. The Balaban J connectivity index is 2.17. The summed E-state index contributed by atoms with van der Waals surface area (Å²) in [5.41, 5.74) is 1.33. The molecule has 6 nitrogen and oxygen atoms in total. The number of quaternary nitrogens is 1. The van der Waals surface area contributed by atoms with Crippen molar-refractivity contribution in [2.24, 2.45) is 5.92 Å². The minimum atomic E-state index is -0.926. The van der Waals surface area contributed by atoms with Crippen LogP contribution >= 0.6 is 0 Å². The van der Waals surface area contributed by atoms with E-state index < -0.39 is 11.6 Å². The van der Waals surface area contributed by atoms with Crippen LogP contribution in [0.1, 0.15) is 31.9 Å². The highest BCUT2D eigenvalue weighted by molar-refractivity contribution is 5.79. The second kappa shape index (κ2) is 7.66. The number of nitrogens with zero attached hydrogens (tertiary/aromatic N) is 1. The first kappa shape index (κ1) is 18.9. The van der Waals surface area contributed by atoms with Crippen LogP contribution in [0.3, 0.4) is 0 Å². The topological polar surface area (TPSA) is 83.6 Å². The fourth-order valence-corrected chi connectivity index (χ4v) is 3.08. The lowest BCUT2D eigenvalue weighted by atomic mass is 9.90. The number of hydrogen-bond acceptors (Lipinski definition) is 4. The van der Waals surface area contributed by atoms with Gasteiger partial charge in [-0.3, -0.25) is 4.79 Å². The Morgan fingerprint density at radius 3 is 2.60 bits per heavy atom. The Hall–Kier alpha value is -2.39. The van der Waals surface area contributed by atoms with Gasteiger partial charge in [0.2, 0.25) is 0 Å². The quantitative estimate of drug-likeness (QED) is 0.749. The molecule has 2 N–H and O–H groups in total. The van der Waals surface area contributed by atoms with Gasteiger partial charge in [0.1, 0.15) is 12.1 Å². The zero-order valence-electron chi connectivity index (χ0n) is 15.3. The summed E-state index contributed by atoms with van der Waals surface area (Å²) >= 11 is 0. The molecule has 0 fully saturated rings. The van der Waals surface area contributed by atoms with Crippen LogP contribution in [0.2, 0.25) is 0 Å². The number of hydrogen-bond donors (Lipinski definition) is 2. The average Bonchev–Trinajstić information content (AvgIpc) is 2.60. The minimum Gasteiger partial charge on any atom is -0.465 e. The standard InChI is InChI=1S/C19H25N3O3/c1-13(2)19(3,12-20)21-17(23)11-22-10-15-8-6-5-7-14(15)9-16(22)18(24)25-4/h5-8,13,16H,9-11H2,1-4H3,(H,21,23)/p+1/t16-,19-/m1/s1. The molecule has 25 heavy (non-hydrogen) atoms. The molecule has 0 aromatic heterocycles. The fourth-order valence-electron chi connectivity index (χ4n) is 3.08. The number of amides is 1. The first-order chi connectivity index (χ1) is 11.8. The van der Waals surface area contributed by atoms with Gasteiger partial charge in [0.05, 0.1) is 13.2 Å². The first-order valence-electron chi connectivity index (χ1n) is 8.52. The summed E-state index contributed by atoms with van der Waals surface area (Å²) in [5.74, 6) is -0.569. The maximum Gasteiger partial charge on any atom is 0.365 e. The van der Waals surface area contributed by atoms with E-state index in [9.17, 15) is 14.9 Å². The number of nitriles is 1. The van der Waals surface area contributed by atoms with E-state index in [2.05, 4.69) is 11.4 Å². The Morgan fingerprint density at radius 1 is 1.40 bits per heavy atom. The summed E-state index contributed by atoms with van der Waals surface area (Å²) in [4.78, 5) is 25.6. The van der Waals surface area contributed by atoms with Crippen molar-refractivity contribution in [3.05, 3.63) is 35.4 Å². The number of methoxy groups -OCH3 is 1. The van der Waals surface area contributed by atoms with Gasteiger partial charge in [-0.1, -0.05) is 38.1 Å². The van der Waals surface area contributed by atoms with E-state index >= 15 is 0 Å². The van der Waals surface area contributed by atoms with Crippen LogP contribution in [0.15, 0.2) is 24.3 Å². The number of benzene rings is 1. The molecular formula is C19H26N3O3+. The molecule has 0 bridgehead atoms. The van der Waals surface area contributed by atoms with Gasteiger partial charge in [-0.25, -0.2) is 4.79 Å². The molecule has 0 aliphatic carbocycles. The zero-order valence-corrected chi connectivity index (χ0v) is 15.3. The third-order valence-corrected chi connectivity index (χ3v) is 5.11. The summed E-state index contributed by atoms with van der Waals surface area (Å²) in [5, 5.41) is 12.2. The van der Waals surface area contributed by atoms with E-state index in [0.29, 0.717) is 13.0 Å². The molecule has 0 saturated heterocycles. The summed E-state index contributed by atoms with van der Waals surface area (Å²) in [6.45, 7) is 6.20. The van der Waals surface area contributed by atoms with Crippen LogP contribution in [0.4, 0.5) is 0 Å². The van der Waals surface area contributed by atoms with Gasteiger partial charge in [0.25, 0.3) is 5.91 Å². The number of carbonyl (C=O) groups is 2. The van der Waals surface area contributed by atoms with Crippen molar-refractivity contribution >= 4 is 11.9 Å². The first-order valence-corrected chi connectivity index (χ1v) is 8.52. The largest absolute Gasteiger partial charge is 0.465 e. The molecule has 0 radical (unpaired) electrons. The Morgan fingerprint density at radius 2 is 2.04 bits per heavy atom. The van der Waals surface area contributed by atoms with Crippen molar-refractivity contribution in [2.45, 2.75) is 45.3 Å². The minimum absolute atomic E-state index is 0.0186. The SMILES string of the molecule is COC(=O)[C@H]1Cc2ccccc2C[NH+]1CC(=O)N[C@](C)(C#N)C(C)C. The molecule has 1 unspecified atom stereocenters. The molecule has 6 heteroatoms. The molecule has 2 rings (SSSR count). The molecule has 1 aliphatic heterocycles. The van der Waals surface area contributed by atoms with Crippen molar-refractivity contribution in [1.29, 1.82) is 5.26 Å². The number of nitrogens with one attached hydrogen (secondary N) is 2. The van der Waals surface area contributed by atoms with E-state index in [0.717, 1.165) is 16.0 Å². The lowest BCUT2D eigenvalue weighted by Crippen LogP contribution is -3.17.